The van der Waals surface area contributed by atoms with Crippen LogP contribution in [0.1, 0.15) is 40.2 Å². The summed E-state index contributed by atoms with van der Waals surface area (Å²) in [6.45, 7) is 8.43. The topological polar surface area (TPSA) is 54.4 Å². The molecule has 1 aromatic carbocycles. The van der Waals surface area contributed by atoms with Crippen LogP contribution < -0.4 is 0 Å². The molecule has 0 spiro atoms. The molecule has 0 aliphatic rings. The van der Waals surface area contributed by atoms with Crippen LogP contribution in [0.25, 0.3) is 0 Å². The predicted octanol–water partition coefficient (Wildman–Crippen LogP) is 3.14. The molecule has 0 unspecified atom stereocenters. The summed E-state index contributed by atoms with van der Waals surface area (Å²) in [6, 6.07) is 9.42. The van der Waals surface area contributed by atoms with Crippen molar-refractivity contribution in [2.45, 2.75) is 56.6 Å². The molecule has 1 aromatic rings. The third kappa shape index (κ3) is 3.55. The zero-order chi connectivity index (χ0) is 16.3. The number of hydrogen-bond donors (Lipinski definition) is 1. The Labute approximate surface area is 128 Å². The van der Waals surface area contributed by atoms with Gasteiger partial charge in [-0.3, -0.25) is 0 Å². The van der Waals surface area contributed by atoms with Crippen molar-refractivity contribution in [1.29, 1.82) is 0 Å². The minimum atomic E-state index is -3.56. The zero-order valence-corrected chi connectivity index (χ0v) is 14.3. The predicted molar refractivity (Wildman–Crippen MR) is 88.0 cm³/mol. The van der Waals surface area contributed by atoms with Crippen molar-refractivity contribution in [3.05, 3.63) is 48.0 Å². The zero-order valence-electron chi connectivity index (χ0n) is 13.5. The Morgan fingerprint density at radius 2 is 1.67 bits per heavy atom. The first-order valence-corrected chi connectivity index (χ1v) is 8.63. The quantitative estimate of drug-likeness (QED) is 0.850. The number of aliphatic hydroxyl groups excluding tert-OH is 1. The van der Waals surface area contributed by atoms with E-state index >= 15 is 0 Å². The second-order valence-corrected chi connectivity index (χ2v) is 9.73. The SMILES string of the molecule is C/C=C/[C@@H](O)[C@](C)(Cc1ccccc1)S(=O)(=O)C(C)(C)C. The highest BCUT2D eigenvalue weighted by Crippen LogP contribution is 2.35. The van der Waals surface area contributed by atoms with Crippen LogP contribution in [0.4, 0.5) is 0 Å². The lowest BCUT2D eigenvalue weighted by molar-refractivity contribution is 0.173. The van der Waals surface area contributed by atoms with E-state index in [1.165, 1.54) is 0 Å². The summed E-state index contributed by atoms with van der Waals surface area (Å²) >= 11 is 0. The van der Waals surface area contributed by atoms with Gasteiger partial charge in [0.25, 0.3) is 0 Å². The molecule has 118 valence electrons. The minimum absolute atomic E-state index is 0.277. The summed E-state index contributed by atoms with van der Waals surface area (Å²) in [5.41, 5.74) is 0.899. The van der Waals surface area contributed by atoms with Crippen LogP contribution in [0.2, 0.25) is 0 Å². The van der Waals surface area contributed by atoms with Crippen molar-refractivity contribution in [3.8, 4) is 0 Å². The van der Waals surface area contributed by atoms with Crippen molar-refractivity contribution in [2.24, 2.45) is 0 Å². The molecule has 1 N–H and O–H groups in total. The summed E-state index contributed by atoms with van der Waals surface area (Å²) < 4.78 is 23.8. The summed E-state index contributed by atoms with van der Waals surface area (Å²) in [5, 5.41) is 10.5. The number of hydrogen-bond acceptors (Lipinski definition) is 3. The number of rotatable bonds is 5. The van der Waals surface area contributed by atoms with Gasteiger partial charge in [0.15, 0.2) is 9.84 Å². The van der Waals surface area contributed by atoms with Crippen LogP contribution in [0, 0.1) is 0 Å². The molecule has 0 radical (unpaired) electrons. The average Bonchev–Trinajstić information content (AvgIpc) is 2.38. The molecule has 0 bridgehead atoms. The Morgan fingerprint density at radius 3 is 2.10 bits per heavy atom. The Hall–Kier alpha value is -1.13. The van der Waals surface area contributed by atoms with Gasteiger partial charge in [-0.2, -0.15) is 0 Å². The van der Waals surface area contributed by atoms with Crippen molar-refractivity contribution < 1.29 is 13.5 Å². The fourth-order valence-corrected chi connectivity index (χ4v) is 4.60. The van der Waals surface area contributed by atoms with Gasteiger partial charge in [-0.1, -0.05) is 42.5 Å². The molecule has 0 heterocycles. The standard InChI is InChI=1S/C17H26O3S/c1-6-10-15(18)17(5,21(19,20)16(2,3)4)13-14-11-8-7-9-12-14/h6-12,15,18H,13H2,1-5H3/b10-6+/t15-,17+/m1/s1. The van der Waals surface area contributed by atoms with Gasteiger partial charge in [-0.15, -0.1) is 0 Å². The van der Waals surface area contributed by atoms with E-state index in [0.29, 0.717) is 0 Å². The molecule has 0 amide bonds. The highest BCUT2D eigenvalue weighted by molar-refractivity contribution is 7.94. The van der Waals surface area contributed by atoms with Gasteiger partial charge >= 0.3 is 0 Å². The van der Waals surface area contributed by atoms with E-state index < -0.39 is 25.4 Å². The highest BCUT2D eigenvalue weighted by Gasteiger charge is 2.50. The Bertz CT molecular complexity index is 582. The molecule has 0 aliphatic heterocycles. The van der Waals surface area contributed by atoms with E-state index in [1.807, 2.05) is 30.3 Å². The van der Waals surface area contributed by atoms with Crippen LogP contribution >= 0.6 is 0 Å². The lowest BCUT2D eigenvalue weighted by Gasteiger charge is -2.38. The second-order valence-electron chi connectivity index (χ2n) is 6.56. The number of allylic oxidation sites excluding steroid dienone is 1. The van der Waals surface area contributed by atoms with E-state index in [4.69, 9.17) is 0 Å². The average molecular weight is 310 g/mol. The second kappa shape index (κ2) is 6.32. The van der Waals surface area contributed by atoms with Crippen molar-refractivity contribution in [1.82, 2.24) is 0 Å². The van der Waals surface area contributed by atoms with E-state index in [-0.39, 0.29) is 6.42 Å². The summed E-state index contributed by atoms with van der Waals surface area (Å²) in [4.78, 5) is 0. The first-order valence-electron chi connectivity index (χ1n) is 7.15. The molecule has 0 saturated heterocycles. The minimum Gasteiger partial charge on any atom is -0.387 e. The molecule has 2 atom stereocenters. The summed E-state index contributed by atoms with van der Waals surface area (Å²) in [5.74, 6) is 0. The normalized spacial score (nSPS) is 17.6. The van der Waals surface area contributed by atoms with Gasteiger partial charge in [0.05, 0.1) is 10.9 Å². The Morgan fingerprint density at radius 1 is 1.14 bits per heavy atom. The third-order valence-electron chi connectivity index (χ3n) is 3.82. The maximum atomic E-state index is 13.0. The maximum absolute atomic E-state index is 13.0. The van der Waals surface area contributed by atoms with Crippen LogP contribution in [0.3, 0.4) is 0 Å². The molecule has 21 heavy (non-hydrogen) atoms. The van der Waals surface area contributed by atoms with Crippen molar-refractivity contribution in [3.63, 3.8) is 0 Å². The van der Waals surface area contributed by atoms with Gasteiger partial charge in [0.2, 0.25) is 0 Å². The smallest absolute Gasteiger partial charge is 0.163 e. The van der Waals surface area contributed by atoms with Gasteiger partial charge in [0, 0.05) is 0 Å². The molecule has 4 heteroatoms. The molecule has 0 fully saturated rings. The first kappa shape index (κ1) is 17.9. The van der Waals surface area contributed by atoms with Crippen molar-refractivity contribution >= 4 is 9.84 Å². The monoisotopic (exact) mass is 310 g/mol. The third-order valence-corrected chi connectivity index (χ3v) is 7.04. The lowest BCUT2D eigenvalue weighted by Crippen LogP contribution is -2.54. The van der Waals surface area contributed by atoms with E-state index in [0.717, 1.165) is 5.56 Å². The molecule has 0 saturated carbocycles. The number of aliphatic hydroxyl groups is 1. The van der Waals surface area contributed by atoms with Crippen LogP contribution in [0.5, 0.6) is 0 Å². The molecular formula is C17H26O3S. The Balaban J connectivity index is 3.38. The molecular weight excluding hydrogens is 284 g/mol. The fraction of sp³-hybridized carbons (Fsp3) is 0.529. The van der Waals surface area contributed by atoms with Crippen LogP contribution in [-0.4, -0.2) is 29.1 Å². The molecule has 0 aliphatic carbocycles. The Kier molecular flexibility index (Phi) is 5.40. The first-order chi connectivity index (χ1) is 9.56. The van der Waals surface area contributed by atoms with Gasteiger partial charge in [-0.25, -0.2) is 8.42 Å². The largest absolute Gasteiger partial charge is 0.387 e. The fourth-order valence-electron chi connectivity index (χ4n) is 2.45. The summed E-state index contributed by atoms with van der Waals surface area (Å²) in [6.07, 6.45) is 2.46. The van der Waals surface area contributed by atoms with Crippen molar-refractivity contribution in [2.75, 3.05) is 0 Å². The van der Waals surface area contributed by atoms with E-state index in [2.05, 4.69) is 0 Å². The van der Waals surface area contributed by atoms with Crippen LogP contribution in [0.15, 0.2) is 42.5 Å². The molecule has 3 nitrogen and oxygen atoms in total. The molecule has 0 aromatic heterocycles. The number of benzene rings is 1. The van der Waals surface area contributed by atoms with E-state index in [9.17, 15) is 13.5 Å². The number of sulfone groups is 1. The maximum Gasteiger partial charge on any atom is 0.163 e. The molecule has 1 rings (SSSR count). The lowest BCUT2D eigenvalue weighted by atomic mass is 9.94. The van der Waals surface area contributed by atoms with E-state index in [1.54, 1.807) is 46.8 Å². The van der Waals surface area contributed by atoms with Gasteiger partial charge in [0.1, 0.15) is 4.75 Å². The van der Waals surface area contributed by atoms with Gasteiger partial charge in [-0.05, 0) is 46.6 Å². The summed E-state index contributed by atoms with van der Waals surface area (Å²) in [7, 11) is -3.56. The van der Waals surface area contributed by atoms with Crippen LogP contribution in [-0.2, 0) is 16.3 Å². The highest BCUT2D eigenvalue weighted by atomic mass is 32.2. The van der Waals surface area contributed by atoms with Gasteiger partial charge < -0.3 is 5.11 Å².